The molecule has 0 bridgehead atoms. The maximum atomic E-state index is 9.90. The summed E-state index contributed by atoms with van der Waals surface area (Å²) in [6.07, 6.45) is 4.81. The number of aromatic amines is 1. The van der Waals surface area contributed by atoms with Crippen LogP contribution in [0.3, 0.4) is 0 Å². The summed E-state index contributed by atoms with van der Waals surface area (Å²) in [5, 5.41) is 19.4. The second-order valence-corrected chi connectivity index (χ2v) is 5.28. The molecule has 0 atom stereocenters. The van der Waals surface area contributed by atoms with Crippen molar-refractivity contribution in [2.24, 2.45) is 0 Å². The second kappa shape index (κ2) is 5.11. The number of fused-ring (bicyclic) bond motifs is 2. The molecule has 108 valence electrons. The Bertz CT molecular complexity index is 961. The van der Waals surface area contributed by atoms with Gasteiger partial charge in [-0.05, 0) is 41.3 Å². The van der Waals surface area contributed by atoms with Crippen LogP contribution in [0, 0.1) is 0 Å². The smallest absolute Gasteiger partial charge is 0.129 e. The monoisotopic (exact) mass is 290 g/mol. The quantitative estimate of drug-likeness (QED) is 0.608. The molecule has 0 fully saturated rings. The Hall–Kier alpha value is -2.95. The minimum Gasteiger partial charge on any atom is -0.508 e. The maximum absolute atomic E-state index is 9.90. The lowest BCUT2D eigenvalue weighted by atomic mass is 9.99. The molecule has 5 heteroatoms. The Morgan fingerprint density at radius 2 is 2.00 bits per heavy atom. The third-order valence-corrected chi connectivity index (χ3v) is 3.87. The largest absolute Gasteiger partial charge is 0.508 e. The average molecular weight is 290 g/mol. The van der Waals surface area contributed by atoms with Gasteiger partial charge >= 0.3 is 0 Å². The molecule has 2 aromatic heterocycles. The van der Waals surface area contributed by atoms with Gasteiger partial charge in [0.05, 0.1) is 11.9 Å². The summed E-state index contributed by atoms with van der Waals surface area (Å²) < 4.78 is 0. The SMILES string of the molecule is Oc1cc(CCc2[nH]nc3cncnc23)c2ccccc2c1. The van der Waals surface area contributed by atoms with Crippen molar-refractivity contribution in [3.05, 3.63) is 60.2 Å². The second-order valence-electron chi connectivity index (χ2n) is 5.28. The van der Waals surface area contributed by atoms with Gasteiger partial charge in [-0.1, -0.05) is 24.3 Å². The van der Waals surface area contributed by atoms with Gasteiger partial charge in [-0.2, -0.15) is 5.10 Å². The Kier molecular flexibility index (Phi) is 2.96. The molecule has 0 amide bonds. The van der Waals surface area contributed by atoms with Crippen LogP contribution in [0.4, 0.5) is 0 Å². The molecule has 0 saturated heterocycles. The van der Waals surface area contributed by atoms with Crippen molar-refractivity contribution in [2.45, 2.75) is 12.8 Å². The van der Waals surface area contributed by atoms with E-state index >= 15 is 0 Å². The van der Waals surface area contributed by atoms with Crippen LogP contribution >= 0.6 is 0 Å². The van der Waals surface area contributed by atoms with E-state index in [1.165, 1.54) is 11.7 Å². The summed E-state index contributed by atoms with van der Waals surface area (Å²) in [6, 6.07) is 11.7. The zero-order valence-electron chi connectivity index (χ0n) is 11.8. The normalized spacial score (nSPS) is 11.3. The van der Waals surface area contributed by atoms with E-state index in [0.717, 1.165) is 40.5 Å². The summed E-state index contributed by atoms with van der Waals surface area (Å²) in [5.74, 6) is 0.297. The number of phenols is 1. The minimum atomic E-state index is 0.297. The lowest BCUT2D eigenvalue weighted by molar-refractivity contribution is 0.475. The van der Waals surface area contributed by atoms with Gasteiger partial charge in [0.15, 0.2) is 0 Å². The Morgan fingerprint density at radius 1 is 1.09 bits per heavy atom. The predicted molar refractivity (Wildman–Crippen MR) is 84.7 cm³/mol. The topological polar surface area (TPSA) is 74.7 Å². The van der Waals surface area contributed by atoms with E-state index in [-0.39, 0.29) is 0 Å². The maximum Gasteiger partial charge on any atom is 0.129 e. The number of aromatic nitrogens is 4. The van der Waals surface area contributed by atoms with E-state index in [1.54, 1.807) is 12.3 Å². The molecule has 0 unspecified atom stereocenters. The van der Waals surface area contributed by atoms with Crippen LogP contribution in [0.1, 0.15) is 11.3 Å². The fourth-order valence-corrected chi connectivity index (χ4v) is 2.83. The number of aryl methyl sites for hydroxylation is 2. The highest BCUT2D eigenvalue weighted by Gasteiger charge is 2.09. The summed E-state index contributed by atoms with van der Waals surface area (Å²) in [5.41, 5.74) is 3.75. The molecule has 0 aliphatic carbocycles. The van der Waals surface area contributed by atoms with Crippen molar-refractivity contribution >= 4 is 21.8 Å². The van der Waals surface area contributed by atoms with Gasteiger partial charge in [-0.25, -0.2) is 9.97 Å². The van der Waals surface area contributed by atoms with Crippen molar-refractivity contribution in [1.82, 2.24) is 20.2 Å². The van der Waals surface area contributed by atoms with Crippen LogP contribution in [0.25, 0.3) is 21.8 Å². The van der Waals surface area contributed by atoms with Crippen LogP contribution in [0.2, 0.25) is 0 Å². The lowest BCUT2D eigenvalue weighted by Crippen LogP contribution is -1.94. The molecule has 0 aliphatic heterocycles. The van der Waals surface area contributed by atoms with Gasteiger partial charge in [0, 0.05) is 0 Å². The first kappa shape index (κ1) is 12.8. The van der Waals surface area contributed by atoms with E-state index in [0.29, 0.717) is 5.75 Å². The van der Waals surface area contributed by atoms with Crippen molar-refractivity contribution in [3.63, 3.8) is 0 Å². The fourth-order valence-electron chi connectivity index (χ4n) is 2.83. The lowest BCUT2D eigenvalue weighted by Gasteiger charge is -2.07. The number of H-pyrrole nitrogens is 1. The molecule has 2 heterocycles. The van der Waals surface area contributed by atoms with E-state index in [9.17, 15) is 5.11 Å². The predicted octanol–water partition coefficient (Wildman–Crippen LogP) is 3.00. The first-order valence-electron chi connectivity index (χ1n) is 7.15. The van der Waals surface area contributed by atoms with Gasteiger partial charge in [0.1, 0.15) is 23.1 Å². The number of hydrogen-bond acceptors (Lipinski definition) is 4. The molecule has 5 nitrogen and oxygen atoms in total. The number of nitrogens with one attached hydrogen (secondary N) is 1. The molecular formula is C17H14N4O. The summed E-state index contributed by atoms with van der Waals surface area (Å²) in [4.78, 5) is 8.25. The highest BCUT2D eigenvalue weighted by Crippen LogP contribution is 2.26. The number of benzene rings is 2. The molecule has 0 saturated carbocycles. The van der Waals surface area contributed by atoms with Crippen LogP contribution in [-0.2, 0) is 12.8 Å². The molecule has 0 radical (unpaired) electrons. The van der Waals surface area contributed by atoms with Gasteiger partial charge < -0.3 is 5.11 Å². The molecule has 0 aliphatic rings. The third-order valence-electron chi connectivity index (χ3n) is 3.87. The molecule has 4 aromatic rings. The number of nitrogens with zero attached hydrogens (tertiary/aromatic N) is 3. The molecular weight excluding hydrogens is 276 g/mol. The van der Waals surface area contributed by atoms with Crippen molar-refractivity contribution in [2.75, 3.05) is 0 Å². The zero-order chi connectivity index (χ0) is 14.9. The third kappa shape index (κ3) is 2.16. The van der Waals surface area contributed by atoms with Gasteiger partial charge in [0.25, 0.3) is 0 Å². The van der Waals surface area contributed by atoms with Gasteiger partial charge in [-0.15, -0.1) is 0 Å². The Balaban J connectivity index is 1.69. The Morgan fingerprint density at radius 3 is 2.95 bits per heavy atom. The standard InChI is InChI=1S/C17H14N4O/c22-13-7-11-3-1-2-4-14(11)12(8-13)5-6-15-17-16(21-20-15)9-18-10-19-17/h1-4,7-10,22H,5-6H2,(H,20,21). The number of hydrogen-bond donors (Lipinski definition) is 2. The minimum absolute atomic E-state index is 0.297. The van der Waals surface area contributed by atoms with Crippen LogP contribution < -0.4 is 0 Å². The molecule has 4 rings (SSSR count). The highest BCUT2D eigenvalue weighted by molar-refractivity contribution is 5.87. The van der Waals surface area contributed by atoms with Crippen molar-refractivity contribution in [1.29, 1.82) is 0 Å². The van der Waals surface area contributed by atoms with Crippen LogP contribution in [-0.4, -0.2) is 25.3 Å². The van der Waals surface area contributed by atoms with E-state index in [1.807, 2.05) is 24.3 Å². The highest BCUT2D eigenvalue weighted by atomic mass is 16.3. The van der Waals surface area contributed by atoms with Crippen LogP contribution in [0.15, 0.2) is 48.9 Å². The van der Waals surface area contributed by atoms with Crippen molar-refractivity contribution in [3.8, 4) is 5.75 Å². The van der Waals surface area contributed by atoms with Crippen molar-refractivity contribution < 1.29 is 5.11 Å². The van der Waals surface area contributed by atoms with E-state index in [2.05, 4.69) is 26.2 Å². The molecule has 2 N–H and O–H groups in total. The summed E-state index contributed by atoms with van der Waals surface area (Å²) in [6.45, 7) is 0. The first-order chi connectivity index (χ1) is 10.8. The first-order valence-corrected chi connectivity index (χ1v) is 7.15. The number of aromatic hydroxyl groups is 1. The van der Waals surface area contributed by atoms with Gasteiger partial charge in [-0.3, -0.25) is 5.10 Å². The molecule has 0 spiro atoms. The van der Waals surface area contributed by atoms with E-state index < -0.39 is 0 Å². The number of rotatable bonds is 3. The average Bonchev–Trinajstić information content (AvgIpc) is 2.96. The van der Waals surface area contributed by atoms with Gasteiger partial charge in [0.2, 0.25) is 0 Å². The number of phenolic OH excluding ortho intramolecular Hbond substituents is 1. The molecule has 2 aromatic carbocycles. The summed E-state index contributed by atoms with van der Waals surface area (Å²) in [7, 11) is 0. The zero-order valence-corrected chi connectivity index (χ0v) is 11.8. The van der Waals surface area contributed by atoms with E-state index in [4.69, 9.17) is 0 Å². The van der Waals surface area contributed by atoms with Crippen LogP contribution in [0.5, 0.6) is 5.75 Å². The fraction of sp³-hybridized carbons (Fsp3) is 0.118. The Labute approximate surface area is 126 Å². The summed E-state index contributed by atoms with van der Waals surface area (Å²) >= 11 is 0. The molecule has 22 heavy (non-hydrogen) atoms.